The highest BCUT2D eigenvalue weighted by Crippen LogP contribution is 2.37. The van der Waals surface area contributed by atoms with Gasteiger partial charge in [0.25, 0.3) is 0 Å². The summed E-state index contributed by atoms with van der Waals surface area (Å²) in [7, 11) is 1.62. The molecule has 1 aliphatic rings. The molecule has 1 unspecified atom stereocenters. The number of methoxy groups -OCH3 is 1. The third kappa shape index (κ3) is 2.65. The van der Waals surface area contributed by atoms with Crippen LogP contribution in [0.2, 0.25) is 0 Å². The molecule has 0 radical (unpaired) electrons. The number of amides is 1. The molecular weight excluding hydrogens is 270 g/mol. The number of ether oxygens (including phenoxy) is 1. The summed E-state index contributed by atoms with van der Waals surface area (Å²) in [5.74, 6) is 0.835. The Morgan fingerprint density at radius 3 is 2.65 bits per heavy atom. The molecule has 0 saturated carbocycles. The standard InChI is InChI=1S/C16H15NO2S/c1-19-13-8-6-12(7-9-13)17-16(18)15-10-11-4-2-3-5-14(11)20-15/h2-9,15H,10H2,1H3,(H,17,18). The summed E-state index contributed by atoms with van der Waals surface area (Å²) in [4.78, 5) is 13.5. The average Bonchev–Trinajstić information content (AvgIpc) is 2.92. The lowest BCUT2D eigenvalue weighted by atomic mass is 10.1. The number of hydrogen-bond acceptors (Lipinski definition) is 3. The number of benzene rings is 2. The SMILES string of the molecule is COc1ccc(NC(=O)C2Cc3ccccc3S2)cc1. The van der Waals surface area contributed by atoms with Gasteiger partial charge in [-0.2, -0.15) is 0 Å². The fourth-order valence-electron chi connectivity index (χ4n) is 2.23. The molecule has 2 aromatic rings. The Balaban J connectivity index is 1.66. The molecule has 0 saturated heterocycles. The molecule has 0 aliphatic carbocycles. The molecule has 102 valence electrons. The van der Waals surface area contributed by atoms with Crippen molar-refractivity contribution in [3.8, 4) is 5.75 Å². The summed E-state index contributed by atoms with van der Waals surface area (Å²) in [6.45, 7) is 0. The number of carbonyl (C=O) groups is 1. The maximum Gasteiger partial charge on any atom is 0.238 e. The molecule has 3 rings (SSSR count). The van der Waals surface area contributed by atoms with E-state index in [0.717, 1.165) is 17.9 Å². The van der Waals surface area contributed by atoms with Crippen LogP contribution in [-0.4, -0.2) is 18.3 Å². The van der Waals surface area contributed by atoms with Gasteiger partial charge in [0.2, 0.25) is 5.91 Å². The first kappa shape index (κ1) is 13.1. The molecule has 3 nitrogen and oxygen atoms in total. The van der Waals surface area contributed by atoms with Crippen LogP contribution in [0.5, 0.6) is 5.75 Å². The smallest absolute Gasteiger partial charge is 0.238 e. The Labute approximate surface area is 122 Å². The van der Waals surface area contributed by atoms with Crippen LogP contribution in [0.3, 0.4) is 0 Å². The monoisotopic (exact) mass is 285 g/mol. The Hall–Kier alpha value is -1.94. The van der Waals surface area contributed by atoms with E-state index >= 15 is 0 Å². The maximum atomic E-state index is 12.3. The predicted molar refractivity (Wildman–Crippen MR) is 81.4 cm³/mol. The van der Waals surface area contributed by atoms with Crippen molar-refractivity contribution in [2.24, 2.45) is 0 Å². The van der Waals surface area contributed by atoms with Crippen molar-refractivity contribution in [2.45, 2.75) is 16.6 Å². The molecule has 2 aromatic carbocycles. The summed E-state index contributed by atoms with van der Waals surface area (Å²) in [5.41, 5.74) is 2.06. The van der Waals surface area contributed by atoms with E-state index in [4.69, 9.17) is 4.74 Å². The molecule has 0 spiro atoms. The van der Waals surface area contributed by atoms with Crippen molar-refractivity contribution in [1.82, 2.24) is 0 Å². The predicted octanol–water partition coefficient (Wildman–Crippen LogP) is 3.35. The minimum atomic E-state index is -0.0468. The molecule has 1 heterocycles. The van der Waals surface area contributed by atoms with Crippen LogP contribution in [0.4, 0.5) is 5.69 Å². The first-order valence-corrected chi connectivity index (χ1v) is 7.34. The van der Waals surface area contributed by atoms with Crippen molar-refractivity contribution < 1.29 is 9.53 Å². The van der Waals surface area contributed by atoms with Gasteiger partial charge < -0.3 is 10.1 Å². The minimum Gasteiger partial charge on any atom is -0.497 e. The normalized spacial score (nSPS) is 16.6. The molecule has 1 amide bonds. The van der Waals surface area contributed by atoms with E-state index in [1.165, 1.54) is 10.5 Å². The molecular formula is C16H15NO2S. The van der Waals surface area contributed by atoms with Crippen LogP contribution in [-0.2, 0) is 11.2 Å². The second-order valence-corrected chi connectivity index (χ2v) is 5.88. The number of carbonyl (C=O) groups excluding carboxylic acids is 1. The molecule has 0 fully saturated rings. The number of hydrogen-bond donors (Lipinski definition) is 1. The number of thioether (sulfide) groups is 1. The van der Waals surface area contributed by atoms with Crippen LogP contribution in [0.15, 0.2) is 53.4 Å². The van der Waals surface area contributed by atoms with Gasteiger partial charge in [0, 0.05) is 10.6 Å². The Morgan fingerprint density at radius 2 is 1.95 bits per heavy atom. The summed E-state index contributed by atoms with van der Waals surface area (Å²) in [6.07, 6.45) is 0.794. The number of fused-ring (bicyclic) bond motifs is 1. The molecule has 1 atom stereocenters. The second-order valence-electron chi connectivity index (χ2n) is 4.64. The highest BCUT2D eigenvalue weighted by atomic mass is 32.2. The Morgan fingerprint density at radius 1 is 1.20 bits per heavy atom. The van der Waals surface area contributed by atoms with Gasteiger partial charge in [-0.05, 0) is 42.3 Å². The van der Waals surface area contributed by atoms with E-state index in [9.17, 15) is 4.79 Å². The highest BCUT2D eigenvalue weighted by Gasteiger charge is 2.27. The summed E-state index contributed by atoms with van der Waals surface area (Å²) in [6, 6.07) is 15.6. The van der Waals surface area contributed by atoms with Crippen LogP contribution < -0.4 is 10.1 Å². The van der Waals surface area contributed by atoms with Crippen molar-refractivity contribution in [2.75, 3.05) is 12.4 Å². The third-order valence-corrected chi connectivity index (χ3v) is 4.61. The third-order valence-electron chi connectivity index (χ3n) is 3.30. The lowest BCUT2D eigenvalue weighted by molar-refractivity contribution is -0.115. The number of nitrogens with one attached hydrogen (secondary N) is 1. The van der Waals surface area contributed by atoms with Crippen LogP contribution in [0.25, 0.3) is 0 Å². The van der Waals surface area contributed by atoms with Gasteiger partial charge >= 0.3 is 0 Å². The van der Waals surface area contributed by atoms with Gasteiger partial charge in [0.15, 0.2) is 0 Å². The van der Waals surface area contributed by atoms with Crippen molar-refractivity contribution in [1.29, 1.82) is 0 Å². The van der Waals surface area contributed by atoms with Gasteiger partial charge in [0.05, 0.1) is 12.4 Å². The highest BCUT2D eigenvalue weighted by molar-refractivity contribution is 8.01. The average molecular weight is 285 g/mol. The first-order valence-electron chi connectivity index (χ1n) is 6.46. The quantitative estimate of drug-likeness (QED) is 0.940. The molecule has 4 heteroatoms. The summed E-state index contributed by atoms with van der Waals surface area (Å²) >= 11 is 1.63. The Bertz CT molecular complexity index is 600. The Kier molecular flexibility index (Phi) is 3.65. The zero-order chi connectivity index (χ0) is 13.9. The maximum absolute atomic E-state index is 12.3. The van der Waals surface area contributed by atoms with Gasteiger partial charge in [-0.3, -0.25) is 4.79 Å². The summed E-state index contributed by atoms with van der Waals surface area (Å²) < 4.78 is 5.10. The topological polar surface area (TPSA) is 38.3 Å². The molecule has 20 heavy (non-hydrogen) atoms. The van der Waals surface area contributed by atoms with E-state index in [2.05, 4.69) is 17.4 Å². The fraction of sp³-hybridized carbons (Fsp3) is 0.188. The van der Waals surface area contributed by atoms with Gasteiger partial charge in [-0.25, -0.2) is 0 Å². The van der Waals surface area contributed by atoms with Gasteiger partial charge in [0.1, 0.15) is 5.75 Å². The zero-order valence-electron chi connectivity index (χ0n) is 11.1. The van der Waals surface area contributed by atoms with E-state index < -0.39 is 0 Å². The zero-order valence-corrected chi connectivity index (χ0v) is 11.9. The van der Waals surface area contributed by atoms with Crippen LogP contribution in [0, 0.1) is 0 Å². The fourth-order valence-corrected chi connectivity index (χ4v) is 3.42. The largest absolute Gasteiger partial charge is 0.497 e. The van der Waals surface area contributed by atoms with Crippen molar-refractivity contribution in [3.05, 3.63) is 54.1 Å². The first-order chi connectivity index (χ1) is 9.76. The van der Waals surface area contributed by atoms with Crippen LogP contribution >= 0.6 is 11.8 Å². The molecule has 1 aliphatic heterocycles. The van der Waals surface area contributed by atoms with E-state index in [0.29, 0.717) is 0 Å². The van der Waals surface area contributed by atoms with E-state index in [-0.39, 0.29) is 11.2 Å². The minimum absolute atomic E-state index is 0.0468. The van der Waals surface area contributed by atoms with E-state index in [1.54, 1.807) is 18.9 Å². The van der Waals surface area contributed by atoms with E-state index in [1.807, 2.05) is 36.4 Å². The van der Waals surface area contributed by atoms with Gasteiger partial charge in [-0.1, -0.05) is 18.2 Å². The van der Waals surface area contributed by atoms with Crippen molar-refractivity contribution >= 4 is 23.4 Å². The summed E-state index contributed by atoms with van der Waals surface area (Å²) in [5, 5.41) is 2.91. The number of rotatable bonds is 3. The molecule has 0 aromatic heterocycles. The molecule has 0 bridgehead atoms. The van der Waals surface area contributed by atoms with Crippen LogP contribution in [0.1, 0.15) is 5.56 Å². The molecule has 1 N–H and O–H groups in total. The lowest BCUT2D eigenvalue weighted by Gasteiger charge is -2.10. The second kappa shape index (κ2) is 5.59. The number of anilines is 1. The van der Waals surface area contributed by atoms with Crippen molar-refractivity contribution in [3.63, 3.8) is 0 Å². The lowest BCUT2D eigenvalue weighted by Crippen LogP contribution is -2.24. The van der Waals surface area contributed by atoms with Gasteiger partial charge in [-0.15, -0.1) is 11.8 Å².